The number of carbonyl (C=O) groups is 1. The van der Waals surface area contributed by atoms with Crippen molar-refractivity contribution in [1.82, 2.24) is 4.90 Å². The number of likely N-dealkylation sites (tertiary alicyclic amines) is 1. The van der Waals surface area contributed by atoms with Crippen LogP contribution in [0.4, 0.5) is 0 Å². The predicted molar refractivity (Wildman–Crippen MR) is 108 cm³/mol. The van der Waals surface area contributed by atoms with Crippen molar-refractivity contribution in [2.24, 2.45) is 5.92 Å². The van der Waals surface area contributed by atoms with Crippen molar-refractivity contribution in [2.45, 2.75) is 44.4 Å². The van der Waals surface area contributed by atoms with Gasteiger partial charge in [-0.1, -0.05) is 54.1 Å². The number of hydrogen-bond acceptors (Lipinski definition) is 2. The first-order valence-electron chi connectivity index (χ1n) is 10.1. The van der Waals surface area contributed by atoms with Gasteiger partial charge in [-0.2, -0.15) is 0 Å². The Labute approximate surface area is 162 Å². The van der Waals surface area contributed by atoms with E-state index in [4.69, 9.17) is 0 Å². The molecule has 1 atom stereocenters. The van der Waals surface area contributed by atoms with E-state index in [0.29, 0.717) is 18.4 Å². The van der Waals surface area contributed by atoms with Crippen LogP contribution in [-0.2, 0) is 23.1 Å². The fourth-order valence-corrected chi connectivity index (χ4v) is 5.03. The van der Waals surface area contributed by atoms with Gasteiger partial charge in [0.05, 0.1) is 5.92 Å². The number of carboxylic acid groups (broad SMARTS) is 1. The first kappa shape index (κ1) is 18.2. The summed E-state index contributed by atoms with van der Waals surface area (Å²) in [6.07, 6.45) is 5.37. The highest BCUT2D eigenvalue weighted by Gasteiger charge is 2.41. The van der Waals surface area contributed by atoms with E-state index >= 15 is 0 Å². The zero-order valence-corrected chi connectivity index (χ0v) is 16.2. The van der Waals surface area contributed by atoms with E-state index in [2.05, 4.69) is 30.0 Å². The maximum absolute atomic E-state index is 11.8. The molecule has 1 fully saturated rings. The monoisotopic (exact) mass is 363 g/mol. The molecule has 1 aliphatic carbocycles. The summed E-state index contributed by atoms with van der Waals surface area (Å²) >= 11 is 0. The highest BCUT2D eigenvalue weighted by atomic mass is 16.4. The number of piperidine rings is 1. The topological polar surface area (TPSA) is 40.5 Å². The van der Waals surface area contributed by atoms with E-state index in [1.807, 2.05) is 30.3 Å². The lowest BCUT2D eigenvalue weighted by molar-refractivity contribution is -0.142. The minimum Gasteiger partial charge on any atom is -0.481 e. The second-order valence-corrected chi connectivity index (χ2v) is 8.47. The van der Waals surface area contributed by atoms with Gasteiger partial charge in [0, 0.05) is 6.54 Å². The molecular formula is C24H29NO2. The van der Waals surface area contributed by atoms with Crippen LogP contribution in [0.2, 0.25) is 0 Å². The molecule has 0 amide bonds. The number of rotatable bonds is 5. The fraction of sp³-hybridized carbons (Fsp3) is 0.458. The van der Waals surface area contributed by atoms with Gasteiger partial charge in [-0.25, -0.2) is 0 Å². The molecule has 1 N–H and O–H groups in total. The predicted octanol–water partition coefficient (Wildman–Crippen LogP) is 4.22. The van der Waals surface area contributed by atoms with Crippen LogP contribution < -0.4 is 0 Å². The number of hydrogen-bond donors (Lipinski definition) is 1. The molecule has 1 saturated heterocycles. The molecule has 3 nitrogen and oxygen atoms in total. The minimum atomic E-state index is -0.680. The summed E-state index contributed by atoms with van der Waals surface area (Å²) in [6, 6.07) is 16.9. The Morgan fingerprint density at radius 1 is 1.11 bits per heavy atom. The zero-order chi connectivity index (χ0) is 18.9. The third kappa shape index (κ3) is 3.79. The van der Waals surface area contributed by atoms with Gasteiger partial charge in [0.2, 0.25) is 0 Å². The van der Waals surface area contributed by atoms with Crippen LogP contribution in [0, 0.1) is 12.8 Å². The summed E-state index contributed by atoms with van der Waals surface area (Å²) in [5, 5.41) is 9.70. The molecule has 1 unspecified atom stereocenters. The quantitative estimate of drug-likeness (QED) is 0.865. The van der Waals surface area contributed by atoms with Gasteiger partial charge in [-0.3, -0.25) is 4.79 Å². The zero-order valence-electron chi connectivity index (χ0n) is 16.2. The summed E-state index contributed by atoms with van der Waals surface area (Å²) in [6.45, 7) is 4.85. The van der Waals surface area contributed by atoms with Gasteiger partial charge in [0.15, 0.2) is 0 Å². The Bertz CT molecular complexity index is 806. The molecule has 2 aliphatic rings. The first-order valence-corrected chi connectivity index (χ1v) is 10.1. The van der Waals surface area contributed by atoms with Crippen molar-refractivity contribution >= 4 is 5.97 Å². The molecular weight excluding hydrogens is 334 g/mol. The number of aryl methyl sites for hydroxylation is 2. The van der Waals surface area contributed by atoms with Crippen LogP contribution in [0.1, 0.15) is 41.5 Å². The largest absolute Gasteiger partial charge is 0.481 e. The number of fused-ring (bicyclic) bond motifs is 2. The van der Waals surface area contributed by atoms with E-state index in [0.717, 1.165) is 31.5 Å². The molecule has 142 valence electrons. The normalized spacial score (nSPS) is 19.7. The van der Waals surface area contributed by atoms with Crippen LogP contribution in [0.3, 0.4) is 0 Å². The van der Waals surface area contributed by atoms with Crippen molar-refractivity contribution in [3.05, 3.63) is 70.8 Å². The summed E-state index contributed by atoms with van der Waals surface area (Å²) in [7, 11) is 0. The fourth-order valence-electron chi connectivity index (χ4n) is 5.03. The van der Waals surface area contributed by atoms with Gasteiger partial charge in [0.25, 0.3) is 0 Å². The Kier molecular flexibility index (Phi) is 5.05. The molecule has 1 aliphatic heterocycles. The van der Waals surface area contributed by atoms with Crippen LogP contribution in [0.15, 0.2) is 48.5 Å². The van der Waals surface area contributed by atoms with Gasteiger partial charge < -0.3 is 10.0 Å². The van der Waals surface area contributed by atoms with Crippen molar-refractivity contribution in [2.75, 3.05) is 19.6 Å². The van der Waals surface area contributed by atoms with E-state index in [1.54, 1.807) is 5.56 Å². The Morgan fingerprint density at radius 2 is 1.85 bits per heavy atom. The molecule has 0 saturated carbocycles. The molecule has 2 aromatic rings. The highest BCUT2D eigenvalue weighted by Crippen LogP contribution is 2.46. The third-order valence-electron chi connectivity index (χ3n) is 6.68. The highest BCUT2D eigenvalue weighted by molar-refractivity contribution is 5.70. The van der Waals surface area contributed by atoms with E-state index in [1.165, 1.54) is 24.0 Å². The Morgan fingerprint density at radius 3 is 2.56 bits per heavy atom. The van der Waals surface area contributed by atoms with Crippen molar-refractivity contribution in [3.63, 3.8) is 0 Å². The second kappa shape index (κ2) is 7.47. The average Bonchev–Trinajstić information content (AvgIpc) is 3.01. The molecule has 27 heavy (non-hydrogen) atoms. The van der Waals surface area contributed by atoms with Gasteiger partial charge >= 0.3 is 5.97 Å². The second-order valence-electron chi connectivity index (χ2n) is 8.47. The Hall–Kier alpha value is -2.13. The summed E-state index contributed by atoms with van der Waals surface area (Å²) in [5.41, 5.74) is 5.89. The number of carboxylic acids is 1. The number of nitrogens with zero attached hydrogens (tertiary/aromatic N) is 1. The van der Waals surface area contributed by atoms with Crippen molar-refractivity contribution < 1.29 is 9.90 Å². The van der Waals surface area contributed by atoms with Crippen LogP contribution in [0.5, 0.6) is 0 Å². The molecule has 2 aromatic carbocycles. The summed E-state index contributed by atoms with van der Waals surface area (Å²) in [4.78, 5) is 14.2. The van der Waals surface area contributed by atoms with Gasteiger partial charge in [-0.05, 0) is 74.2 Å². The maximum Gasteiger partial charge on any atom is 0.308 e. The lowest BCUT2D eigenvalue weighted by atomic mass is 9.73. The summed E-state index contributed by atoms with van der Waals surface area (Å²) < 4.78 is 0. The average molecular weight is 364 g/mol. The smallest absolute Gasteiger partial charge is 0.308 e. The van der Waals surface area contributed by atoms with Crippen LogP contribution >= 0.6 is 0 Å². The molecule has 4 rings (SSSR count). The van der Waals surface area contributed by atoms with E-state index in [9.17, 15) is 9.90 Å². The van der Waals surface area contributed by atoms with Gasteiger partial charge in [-0.15, -0.1) is 0 Å². The summed E-state index contributed by atoms with van der Waals surface area (Å²) in [5.74, 6) is -1.01. The molecule has 0 bridgehead atoms. The number of aliphatic carboxylic acids is 1. The minimum absolute atomic E-state index is 0.329. The first-order chi connectivity index (χ1) is 13.1. The molecule has 0 aromatic heterocycles. The third-order valence-corrected chi connectivity index (χ3v) is 6.68. The molecule has 3 heteroatoms. The molecule has 0 radical (unpaired) electrons. The lowest BCUT2D eigenvalue weighted by Gasteiger charge is -2.41. The lowest BCUT2D eigenvalue weighted by Crippen LogP contribution is -2.44. The Balaban J connectivity index is 1.41. The van der Waals surface area contributed by atoms with E-state index in [-0.39, 0.29) is 5.92 Å². The molecule has 1 spiro atoms. The maximum atomic E-state index is 11.8. The van der Waals surface area contributed by atoms with Gasteiger partial charge in [0.1, 0.15) is 0 Å². The molecule has 1 heterocycles. The number of benzene rings is 2. The SMILES string of the molecule is Cc1ccc2c(c1)C1(CC2)CCN(CC(Cc2ccccc2)C(=O)O)CC1. The standard InChI is InChI=1S/C24H29NO2/c1-18-7-8-20-9-10-24(22(20)15-18)11-13-25(14-12-24)17-21(23(26)27)16-19-5-3-2-4-6-19/h2-8,15,21H,9-14,16-17H2,1H3,(H,26,27). The van der Waals surface area contributed by atoms with Crippen molar-refractivity contribution in [1.29, 1.82) is 0 Å². The van der Waals surface area contributed by atoms with E-state index < -0.39 is 5.97 Å². The van der Waals surface area contributed by atoms with Crippen LogP contribution in [0.25, 0.3) is 0 Å². The van der Waals surface area contributed by atoms with Crippen LogP contribution in [-0.4, -0.2) is 35.6 Å². The van der Waals surface area contributed by atoms with Crippen molar-refractivity contribution in [3.8, 4) is 0 Å².